The van der Waals surface area contributed by atoms with Crippen molar-refractivity contribution >= 4 is 23.2 Å². The molecule has 4 rings (SSSR count). The van der Waals surface area contributed by atoms with E-state index in [0.717, 1.165) is 30.7 Å². The van der Waals surface area contributed by atoms with Crippen LogP contribution in [0.2, 0.25) is 0 Å². The van der Waals surface area contributed by atoms with Crippen LogP contribution in [-0.4, -0.2) is 39.0 Å². The molecule has 1 aliphatic heterocycles. The largest absolute Gasteiger partial charge is 0.480 e. The van der Waals surface area contributed by atoms with Gasteiger partial charge in [0.1, 0.15) is 18.0 Å². The van der Waals surface area contributed by atoms with Crippen LogP contribution >= 0.6 is 11.3 Å². The Morgan fingerprint density at radius 3 is 2.88 bits per heavy atom. The maximum atomic E-state index is 13.1. The molecule has 0 aromatic carbocycles. The van der Waals surface area contributed by atoms with Gasteiger partial charge in [-0.1, -0.05) is 12.8 Å². The lowest BCUT2D eigenvalue weighted by molar-refractivity contribution is -0.141. The van der Waals surface area contributed by atoms with Crippen molar-refractivity contribution in [3.63, 3.8) is 0 Å². The third kappa shape index (κ3) is 2.86. The number of aliphatic carboxylic acids is 1. The number of likely N-dealkylation sites (tertiary alicyclic amines) is 1. The average molecular weight is 360 g/mol. The minimum absolute atomic E-state index is 0.0298. The van der Waals surface area contributed by atoms with Gasteiger partial charge >= 0.3 is 5.97 Å². The van der Waals surface area contributed by atoms with Crippen LogP contribution in [0.1, 0.15) is 47.5 Å². The summed E-state index contributed by atoms with van der Waals surface area (Å²) in [6, 6.07) is 0.967. The molecular formula is C18H20N2O4S. The molecule has 0 spiro atoms. The highest BCUT2D eigenvalue weighted by molar-refractivity contribution is 7.09. The molecule has 6 nitrogen and oxygen atoms in total. The molecule has 3 heterocycles. The third-order valence-corrected chi connectivity index (χ3v) is 6.10. The second-order valence-electron chi connectivity index (χ2n) is 6.87. The van der Waals surface area contributed by atoms with Crippen molar-refractivity contribution in [3.05, 3.63) is 28.3 Å². The van der Waals surface area contributed by atoms with Gasteiger partial charge in [-0.15, -0.1) is 11.3 Å². The molecule has 132 valence electrons. The summed E-state index contributed by atoms with van der Waals surface area (Å²) in [5.74, 6) is -0.323. The molecule has 1 N–H and O–H groups in total. The Labute approximate surface area is 149 Å². The average Bonchev–Trinajstić information content (AvgIpc) is 3.31. The fourth-order valence-electron chi connectivity index (χ4n) is 4.18. The van der Waals surface area contributed by atoms with Gasteiger partial charge in [-0.25, -0.2) is 9.78 Å². The Morgan fingerprint density at radius 1 is 1.36 bits per heavy atom. The zero-order valence-electron chi connectivity index (χ0n) is 14.0. The number of carbonyl (C=O) groups is 2. The minimum atomic E-state index is -0.915. The van der Waals surface area contributed by atoms with Crippen LogP contribution in [0.15, 0.2) is 22.1 Å². The highest BCUT2D eigenvalue weighted by atomic mass is 32.1. The summed E-state index contributed by atoms with van der Waals surface area (Å²) in [7, 11) is 0. The molecule has 1 saturated carbocycles. The summed E-state index contributed by atoms with van der Waals surface area (Å²) in [5.41, 5.74) is 1.10. The van der Waals surface area contributed by atoms with Gasteiger partial charge in [-0.05, 0) is 38.2 Å². The second-order valence-corrected chi connectivity index (χ2v) is 7.93. The van der Waals surface area contributed by atoms with Gasteiger partial charge in [0.05, 0.1) is 10.6 Å². The van der Waals surface area contributed by atoms with Gasteiger partial charge in [0, 0.05) is 11.4 Å². The first kappa shape index (κ1) is 16.3. The predicted octanol–water partition coefficient (Wildman–Crippen LogP) is 3.57. The van der Waals surface area contributed by atoms with E-state index in [2.05, 4.69) is 4.98 Å². The molecule has 1 amide bonds. The standard InChI is InChI=1S/C18H20N2O4S/c1-10-19-13(9-25-10)16-7-12(8-24-16)17(21)20-14-5-3-2-4-11(14)6-15(20)18(22)23/h7-9,11,14-15H,2-6H2,1H3,(H,22,23)/t11-,14-,15+/m1/s1. The lowest BCUT2D eigenvalue weighted by Crippen LogP contribution is -2.46. The predicted molar refractivity (Wildman–Crippen MR) is 92.5 cm³/mol. The van der Waals surface area contributed by atoms with Gasteiger partial charge in [0.2, 0.25) is 0 Å². The molecule has 7 heteroatoms. The van der Waals surface area contributed by atoms with Crippen LogP contribution in [0, 0.1) is 12.8 Å². The van der Waals surface area contributed by atoms with Crippen LogP contribution in [0.4, 0.5) is 0 Å². The van der Waals surface area contributed by atoms with Crippen LogP contribution in [-0.2, 0) is 4.79 Å². The maximum absolute atomic E-state index is 13.1. The van der Waals surface area contributed by atoms with Crippen molar-refractivity contribution < 1.29 is 19.1 Å². The Bertz CT molecular complexity index is 812. The van der Waals surface area contributed by atoms with Gasteiger partial charge in [0.15, 0.2) is 5.76 Å². The van der Waals surface area contributed by atoms with Gasteiger partial charge in [0.25, 0.3) is 5.91 Å². The number of fused-ring (bicyclic) bond motifs is 1. The summed E-state index contributed by atoms with van der Waals surface area (Å²) < 4.78 is 5.53. The van der Waals surface area contributed by atoms with Crippen LogP contribution in [0.5, 0.6) is 0 Å². The van der Waals surface area contributed by atoms with Crippen molar-refractivity contribution in [3.8, 4) is 11.5 Å². The maximum Gasteiger partial charge on any atom is 0.326 e. The quantitative estimate of drug-likeness (QED) is 0.905. The molecule has 2 aromatic heterocycles. The van der Waals surface area contributed by atoms with E-state index < -0.39 is 12.0 Å². The van der Waals surface area contributed by atoms with E-state index in [9.17, 15) is 14.7 Å². The number of hydrogen-bond acceptors (Lipinski definition) is 5. The zero-order chi connectivity index (χ0) is 17.6. The van der Waals surface area contributed by atoms with E-state index in [1.807, 2.05) is 12.3 Å². The fourth-order valence-corrected chi connectivity index (χ4v) is 4.78. The molecule has 2 aromatic rings. The number of carboxylic acids is 1. The van der Waals surface area contributed by atoms with Crippen molar-refractivity contribution in [1.82, 2.24) is 9.88 Å². The lowest BCUT2D eigenvalue weighted by Gasteiger charge is -2.32. The molecule has 0 radical (unpaired) electrons. The molecule has 2 fully saturated rings. The first-order valence-corrected chi connectivity index (χ1v) is 9.49. The van der Waals surface area contributed by atoms with Crippen molar-refractivity contribution in [1.29, 1.82) is 0 Å². The molecule has 25 heavy (non-hydrogen) atoms. The minimum Gasteiger partial charge on any atom is -0.480 e. The molecular weight excluding hydrogens is 340 g/mol. The first-order valence-electron chi connectivity index (χ1n) is 8.61. The number of rotatable bonds is 3. The summed E-state index contributed by atoms with van der Waals surface area (Å²) in [6.07, 6.45) is 6.03. The molecule has 1 aliphatic carbocycles. The second kappa shape index (κ2) is 6.29. The number of aryl methyl sites for hydroxylation is 1. The highest BCUT2D eigenvalue weighted by Crippen LogP contribution is 2.40. The van der Waals surface area contributed by atoms with Gasteiger partial charge in [-0.3, -0.25) is 4.79 Å². The number of aromatic nitrogens is 1. The van der Waals surface area contributed by atoms with E-state index in [0.29, 0.717) is 29.4 Å². The highest BCUT2D eigenvalue weighted by Gasteiger charge is 2.47. The molecule has 3 atom stereocenters. The molecule has 1 saturated heterocycles. The number of thiazole rings is 1. The van der Waals surface area contributed by atoms with Crippen LogP contribution < -0.4 is 0 Å². The summed E-state index contributed by atoms with van der Waals surface area (Å²) >= 11 is 1.52. The Hall–Kier alpha value is -2.15. The van der Waals surface area contributed by atoms with Crippen LogP contribution in [0.3, 0.4) is 0 Å². The summed E-state index contributed by atoms with van der Waals surface area (Å²) in [6.45, 7) is 1.91. The van der Waals surface area contributed by atoms with E-state index in [-0.39, 0.29) is 11.9 Å². The van der Waals surface area contributed by atoms with E-state index in [1.165, 1.54) is 17.6 Å². The number of furan rings is 1. The number of amides is 1. The number of hydrogen-bond donors (Lipinski definition) is 1. The lowest BCUT2D eigenvalue weighted by atomic mass is 9.84. The SMILES string of the molecule is Cc1nc(-c2cc(C(=O)N3[C@@H]4CCCC[C@@H]4C[C@H]3C(=O)O)co2)cs1. The summed E-state index contributed by atoms with van der Waals surface area (Å²) in [5, 5.41) is 12.4. The molecule has 0 bridgehead atoms. The van der Waals surface area contributed by atoms with E-state index >= 15 is 0 Å². The van der Waals surface area contributed by atoms with Crippen molar-refractivity contribution in [2.45, 2.75) is 51.1 Å². The first-order chi connectivity index (χ1) is 12.0. The topological polar surface area (TPSA) is 83.6 Å². The number of carbonyl (C=O) groups excluding carboxylic acids is 1. The van der Waals surface area contributed by atoms with E-state index in [1.54, 1.807) is 11.0 Å². The molecule has 0 unspecified atom stereocenters. The van der Waals surface area contributed by atoms with Gasteiger partial charge < -0.3 is 14.4 Å². The van der Waals surface area contributed by atoms with Crippen LogP contribution in [0.25, 0.3) is 11.5 Å². The Kier molecular flexibility index (Phi) is 4.11. The monoisotopic (exact) mass is 360 g/mol. The fraction of sp³-hybridized carbons (Fsp3) is 0.500. The van der Waals surface area contributed by atoms with Crippen molar-refractivity contribution in [2.24, 2.45) is 5.92 Å². The number of carboxylic acid groups (broad SMARTS) is 1. The normalized spacial score (nSPS) is 25.8. The van der Waals surface area contributed by atoms with E-state index in [4.69, 9.17) is 4.42 Å². The number of nitrogens with zero attached hydrogens (tertiary/aromatic N) is 2. The Balaban J connectivity index is 1.62. The van der Waals surface area contributed by atoms with Crippen molar-refractivity contribution in [2.75, 3.05) is 0 Å². The van der Waals surface area contributed by atoms with Gasteiger partial charge in [-0.2, -0.15) is 0 Å². The summed E-state index contributed by atoms with van der Waals surface area (Å²) in [4.78, 5) is 30.7. The molecule has 2 aliphatic rings. The Morgan fingerprint density at radius 2 is 2.16 bits per heavy atom. The third-order valence-electron chi connectivity index (χ3n) is 5.33. The smallest absolute Gasteiger partial charge is 0.326 e. The zero-order valence-corrected chi connectivity index (χ0v) is 14.8.